The molecule has 26 heavy (non-hydrogen) atoms. The Morgan fingerprint density at radius 3 is 2.81 bits per heavy atom. The second-order valence-electron chi connectivity index (χ2n) is 6.60. The van der Waals surface area contributed by atoms with Crippen molar-refractivity contribution in [3.8, 4) is 0 Å². The van der Waals surface area contributed by atoms with E-state index in [4.69, 9.17) is 0 Å². The summed E-state index contributed by atoms with van der Waals surface area (Å²) in [5, 5.41) is 8.41. The number of hydrogen-bond acceptors (Lipinski definition) is 4. The van der Waals surface area contributed by atoms with E-state index in [1.807, 2.05) is 57.2 Å². The van der Waals surface area contributed by atoms with Crippen molar-refractivity contribution < 1.29 is 4.79 Å². The lowest BCUT2D eigenvalue weighted by molar-refractivity contribution is -0.117. The number of hydrogen-bond donors (Lipinski definition) is 1. The van der Waals surface area contributed by atoms with Crippen LogP contribution < -0.4 is 5.32 Å². The molecule has 0 radical (unpaired) electrons. The molecule has 0 atom stereocenters. The summed E-state index contributed by atoms with van der Waals surface area (Å²) in [6.07, 6.45) is 1.84. The molecule has 0 aliphatic carbocycles. The molecule has 3 rings (SSSR count). The van der Waals surface area contributed by atoms with Gasteiger partial charge in [-0.3, -0.25) is 14.4 Å². The summed E-state index contributed by atoms with van der Waals surface area (Å²) in [6.45, 7) is 4.90. The highest BCUT2D eigenvalue weighted by Crippen LogP contribution is 2.20. The average Bonchev–Trinajstić information content (AvgIpc) is 2.84. The largest absolute Gasteiger partial charge is 0.325 e. The number of likely N-dealkylation sites (N-methyl/N-ethyl adjacent to an activating group) is 1. The number of pyridine rings is 1. The Morgan fingerprint density at radius 2 is 2.08 bits per heavy atom. The molecule has 2 heterocycles. The fourth-order valence-electron chi connectivity index (χ4n) is 3.01. The number of halogens is 1. The van der Waals surface area contributed by atoms with E-state index >= 15 is 0 Å². The average molecular weight is 416 g/mol. The number of carbonyl (C=O) groups is 1. The summed E-state index contributed by atoms with van der Waals surface area (Å²) in [6, 6.07) is 7.90. The monoisotopic (exact) mass is 415 g/mol. The summed E-state index contributed by atoms with van der Waals surface area (Å²) < 4.78 is 2.78. The molecular formula is C19H22BrN5O. The van der Waals surface area contributed by atoms with Crippen LogP contribution in [-0.4, -0.2) is 39.2 Å². The van der Waals surface area contributed by atoms with Crippen LogP contribution in [0.25, 0.3) is 11.0 Å². The molecule has 0 saturated heterocycles. The quantitative estimate of drug-likeness (QED) is 0.693. The minimum absolute atomic E-state index is 0.0375. The minimum atomic E-state index is -0.0375. The number of aryl methyl sites for hydroxylation is 3. The van der Waals surface area contributed by atoms with Crippen LogP contribution in [0.1, 0.15) is 16.8 Å². The Bertz CT molecular complexity index is 966. The summed E-state index contributed by atoms with van der Waals surface area (Å²) >= 11 is 3.43. The van der Waals surface area contributed by atoms with E-state index < -0.39 is 0 Å². The maximum atomic E-state index is 12.3. The van der Waals surface area contributed by atoms with Crippen molar-refractivity contribution in [2.45, 2.75) is 20.4 Å². The number of anilines is 1. The van der Waals surface area contributed by atoms with Crippen molar-refractivity contribution in [1.29, 1.82) is 0 Å². The third kappa shape index (κ3) is 4.11. The first-order valence-corrected chi connectivity index (χ1v) is 9.15. The van der Waals surface area contributed by atoms with Gasteiger partial charge in [-0.25, -0.2) is 4.98 Å². The number of amides is 1. The number of carbonyl (C=O) groups excluding carboxylic acids is 1. The van der Waals surface area contributed by atoms with E-state index in [0.29, 0.717) is 13.1 Å². The fraction of sp³-hybridized carbons (Fsp3) is 0.316. The molecule has 0 bridgehead atoms. The second kappa shape index (κ2) is 7.55. The number of benzene rings is 1. The van der Waals surface area contributed by atoms with E-state index in [1.54, 1.807) is 4.68 Å². The van der Waals surface area contributed by atoms with Gasteiger partial charge >= 0.3 is 0 Å². The molecule has 0 aliphatic rings. The highest BCUT2D eigenvalue weighted by atomic mass is 79.9. The Balaban J connectivity index is 1.63. The number of rotatable bonds is 5. The maximum Gasteiger partial charge on any atom is 0.238 e. The van der Waals surface area contributed by atoms with Crippen molar-refractivity contribution in [1.82, 2.24) is 19.7 Å². The zero-order valence-electron chi connectivity index (χ0n) is 15.4. The zero-order chi connectivity index (χ0) is 18.8. The zero-order valence-corrected chi connectivity index (χ0v) is 17.0. The van der Waals surface area contributed by atoms with E-state index in [0.717, 1.165) is 38.0 Å². The van der Waals surface area contributed by atoms with Crippen molar-refractivity contribution in [3.05, 3.63) is 51.8 Å². The normalized spacial score (nSPS) is 11.3. The van der Waals surface area contributed by atoms with Gasteiger partial charge in [0.05, 0.1) is 12.2 Å². The molecule has 2 aromatic heterocycles. The van der Waals surface area contributed by atoms with Crippen LogP contribution in [0, 0.1) is 13.8 Å². The van der Waals surface area contributed by atoms with Crippen molar-refractivity contribution >= 4 is 38.6 Å². The van der Waals surface area contributed by atoms with Crippen LogP contribution in [0.15, 0.2) is 34.9 Å². The second-order valence-corrected chi connectivity index (χ2v) is 7.52. The van der Waals surface area contributed by atoms with Crippen molar-refractivity contribution in [3.63, 3.8) is 0 Å². The predicted molar refractivity (Wildman–Crippen MR) is 107 cm³/mol. The van der Waals surface area contributed by atoms with E-state index in [-0.39, 0.29) is 5.91 Å². The smallest absolute Gasteiger partial charge is 0.238 e. The topological polar surface area (TPSA) is 63.1 Å². The van der Waals surface area contributed by atoms with Gasteiger partial charge in [0.15, 0.2) is 5.65 Å². The fourth-order valence-corrected chi connectivity index (χ4v) is 3.48. The molecule has 3 aromatic rings. The first kappa shape index (κ1) is 18.5. The van der Waals surface area contributed by atoms with Crippen LogP contribution in [0.2, 0.25) is 0 Å². The Kier molecular flexibility index (Phi) is 5.38. The maximum absolute atomic E-state index is 12.3. The molecule has 7 heteroatoms. The highest BCUT2D eigenvalue weighted by molar-refractivity contribution is 9.10. The van der Waals surface area contributed by atoms with E-state index in [9.17, 15) is 4.79 Å². The summed E-state index contributed by atoms with van der Waals surface area (Å²) in [5.74, 6) is -0.0375. The van der Waals surface area contributed by atoms with Crippen molar-refractivity contribution in [2.75, 3.05) is 18.9 Å². The molecule has 0 unspecified atom stereocenters. The molecule has 0 saturated carbocycles. The van der Waals surface area contributed by atoms with Crippen LogP contribution in [-0.2, 0) is 18.4 Å². The van der Waals surface area contributed by atoms with Crippen LogP contribution in [0.4, 0.5) is 5.69 Å². The number of aromatic nitrogens is 3. The molecular weight excluding hydrogens is 394 g/mol. The van der Waals surface area contributed by atoms with Gasteiger partial charge in [0.1, 0.15) is 0 Å². The molecule has 1 aromatic carbocycles. The number of nitrogens with one attached hydrogen (secondary N) is 1. The summed E-state index contributed by atoms with van der Waals surface area (Å²) in [7, 11) is 3.82. The predicted octanol–water partition coefficient (Wildman–Crippen LogP) is 3.42. The molecule has 6 nitrogen and oxygen atoms in total. The Morgan fingerprint density at radius 1 is 1.31 bits per heavy atom. The molecule has 1 amide bonds. The third-order valence-corrected chi connectivity index (χ3v) is 4.74. The summed E-state index contributed by atoms with van der Waals surface area (Å²) in [5.41, 5.74) is 4.75. The highest BCUT2D eigenvalue weighted by Gasteiger charge is 2.11. The van der Waals surface area contributed by atoms with Gasteiger partial charge in [-0.1, -0.05) is 15.9 Å². The summed E-state index contributed by atoms with van der Waals surface area (Å²) in [4.78, 5) is 18.8. The molecule has 0 aliphatic heterocycles. The van der Waals surface area contributed by atoms with Gasteiger partial charge in [0.2, 0.25) is 5.91 Å². The van der Waals surface area contributed by atoms with Crippen LogP contribution in [0.3, 0.4) is 0 Å². The van der Waals surface area contributed by atoms with E-state index in [1.165, 1.54) is 0 Å². The van der Waals surface area contributed by atoms with Gasteiger partial charge in [0, 0.05) is 35.3 Å². The SMILES string of the molecule is Cc1cc(Br)ccc1NC(=O)CN(C)Cc1cnc2c(c1)c(C)nn2C. The van der Waals surface area contributed by atoms with Crippen molar-refractivity contribution in [2.24, 2.45) is 7.05 Å². The number of nitrogens with zero attached hydrogens (tertiary/aromatic N) is 4. The Labute approximate surface area is 161 Å². The van der Waals surface area contributed by atoms with Gasteiger partial charge in [0.25, 0.3) is 0 Å². The molecule has 136 valence electrons. The third-order valence-electron chi connectivity index (χ3n) is 4.25. The lowest BCUT2D eigenvalue weighted by Gasteiger charge is -2.17. The first-order chi connectivity index (χ1) is 12.3. The van der Waals surface area contributed by atoms with Crippen LogP contribution in [0.5, 0.6) is 0 Å². The molecule has 1 N–H and O–H groups in total. The van der Waals surface area contributed by atoms with Crippen LogP contribution >= 0.6 is 15.9 Å². The van der Waals surface area contributed by atoms with Gasteiger partial charge in [-0.15, -0.1) is 0 Å². The number of fused-ring (bicyclic) bond motifs is 1. The molecule has 0 spiro atoms. The first-order valence-electron chi connectivity index (χ1n) is 8.36. The van der Waals surface area contributed by atoms with Gasteiger partial charge < -0.3 is 5.32 Å². The minimum Gasteiger partial charge on any atom is -0.325 e. The Hall–Kier alpha value is -2.25. The van der Waals surface area contributed by atoms with E-state index in [2.05, 4.69) is 37.4 Å². The van der Waals surface area contributed by atoms with Gasteiger partial charge in [-0.05, 0) is 56.3 Å². The molecule has 0 fully saturated rings. The lowest BCUT2D eigenvalue weighted by atomic mass is 10.2. The lowest BCUT2D eigenvalue weighted by Crippen LogP contribution is -2.30. The van der Waals surface area contributed by atoms with Gasteiger partial charge in [-0.2, -0.15) is 5.10 Å². The standard InChI is InChI=1S/C19H22BrN5O/c1-12-7-15(20)5-6-17(12)22-18(26)11-24(3)10-14-8-16-13(2)23-25(4)19(16)21-9-14/h5-9H,10-11H2,1-4H3,(H,22,26).